The number of hydrogen-bond acceptors (Lipinski definition) is 13. The van der Waals surface area contributed by atoms with Gasteiger partial charge >= 0.3 is 27.7 Å². The Labute approximate surface area is 278 Å². The van der Waals surface area contributed by atoms with Crippen LogP contribution in [0.2, 0.25) is 4.34 Å². The van der Waals surface area contributed by atoms with Crippen molar-refractivity contribution in [3.8, 4) is 0 Å². The molecule has 0 aromatic carbocycles. The summed E-state index contributed by atoms with van der Waals surface area (Å²) >= 11 is 8.10. The Morgan fingerprint density at radius 3 is 2.45 bits per heavy atom. The van der Waals surface area contributed by atoms with E-state index >= 15 is 0 Å². The van der Waals surface area contributed by atoms with Crippen molar-refractivity contribution in [2.75, 3.05) is 11.1 Å². The summed E-state index contributed by atoms with van der Waals surface area (Å²) in [7, 11) is -5.99. The molecule has 0 spiro atoms. The highest BCUT2D eigenvalue weighted by molar-refractivity contribution is 8.00. The van der Waals surface area contributed by atoms with E-state index in [4.69, 9.17) is 21.2 Å². The lowest BCUT2D eigenvalue weighted by Gasteiger charge is -2.49. The highest BCUT2D eigenvalue weighted by Gasteiger charge is 2.54. The van der Waals surface area contributed by atoms with Gasteiger partial charge in [-0.15, -0.1) is 11.8 Å². The van der Waals surface area contributed by atoms with Gasteiger partial charge < -0.3 is 24.2 Å². The third kappa shape index (κ3) is 8.49. The number of nitrogens with one attached hydrogen (secondary N) is 2. The van der Waals surface area contributed by atoms with Crippen LogP contribution in [0.15, 0.2) is 28.8 Å². The maximum Gasteiger partial charge on any atom is 0.534 e. The normalized spacial score (nSPS) is 21.0. The first-order valence-electron chi connectivity index (χ1n) is 13.6. The number of alkyl halides is 3. The summed E-state index contributed by atoms with van der Waals surface area (Å²) in [6, 6.07) is -1.29. The Morgan fingerprint density at radius 1 is 1.19 bits per heavy atom. The third-order valence-corrected chi connectivity index (χ3v) is 9.85. The number of hydrogen-bond donors (Lipinski definition) is 3. The SMILES string of the molecule is CC(C)(C)OC(=O)Nc1nc(C(=NOC2CCCC2)C(=O)NC2C(=O)N3C(C(=O)O)=C(C=COS(=O)(=O)C(F)(F)F)CSC23)c(Cl)s1. The molecule has 1 aromatic rings. The van der Waals surface area contributed by atoms with Crippen molar-refractivity contribution in [3.05, 3.63) is 33.6 Å². The number of β-lactam (4-membered cyclic amide) rings is 1. The van der Waals surface area contributed by atoms with Crippen LogP contribution < -0.4 is 10.6 Å². The number of carboxylic acids is 1. The number of amides is 3. The van der Waals surface area contributed by atoms with Gasteiger partial charge in [-0.05, 0) is 58.1 Å². The number of nitrogens with zero attached hydrogens (tertiary/aromatic N) is 3. The zero-order valence-electron chi connectivity index (χ0n) is 24.6. The van der Waals surface area contributed by atoms with Gasteiger partial charge in [-0.2, -0.15) is 21.6 Å². The number of rotatable bonds is 10. The largest absolute Gasteiger partial charge is 0.534 e. The number of ether oxygens (including phenoxy) is 1. The van der Waals surface area contributed by atoms with Crippen LogP contribution in [0.5, 0.6) is 0 Å². The van der Waals surface area contributed by atoms with E-state index in [-0.39, 0.29) is 38.9 Å². The summed E-state index contributed by atoms with van der Waals surface area (Å²) in [5.41, 5.74) is -8.00. The predicted octanol–water partition coefficient (Wildman–Crippen LogP) is 3.93. The summed E-state index contributed by atoms with van der Waals surface area (Å²) in [5.74, 6) is -3.71. The molecule has 2 fully saturated rings. The number of thiazole rings is 1. The molecule has 3 aliphatic rings. The molecule has 2 atom stereocenters. The molecule has 3 heterocycles. The summed E-state index contributed by atoms with van der Waals surface area (Å²) in [6.45, 7) is 4.96. The fraction of sp³-hybridized carbons (Fsp3) is 0.520. The average molecular weight is 746 g/mol. The maximum atomic E-state index is 13.5. The maximum absolute atomic E-state index is 13.5. The molecule has 1 aliphatic carbocycles. The summed E-state index contributed by atoms with van der Waals surface area (Å²) in [6.07, 6.45) is 2.84. The van der Waals surface area contributed by atoms with E-state index in [1.54, 1.807) is 20.8 Å². The molecular weight excluding hydrogens is 719 g/mol. The number of oxime groups is 1. The van der Waals surface area contributed by atoms with Crippen LogP contribution in [-0.4, -0.2) is 87.4 Å². The molecular formula is C25H27ClF3N5O10S3. The minimum Gasteiger partial charge on any atom is -0.477 e. The number of carboxylic acid groups (broad SMARTS) is 1. The van der Waals surface area contributed by atoms with Gasteiger partial charge in [0.05, 0.1) is 0 Å². The molecule has 4 rings (SSSR count). The van der Waals surface area contributed by atoms with E-state index in [0.29, 0.717) is 18.9 Å². The number of carbonyl (C=O) groups excluding carboxylic acids is 3. The fourth-order valence-electron chi connectivity index (χ4n) is 4.42. The molecule has 15 nitrogen and oxygen atoms in total. The average Bonchev–Trinajstić information content (AvgIpc) is 3.59. The van der Waals surface area contributed by atoms with Gasteiger partial charge in [0.15, 0.2) is 10.8 Å². The van der Waals surface area contributed by atoms with Crippen molar-refractivity contribution in [3.63, 3.8) is 0 Å². The molecule has 0 radical (unpaired) electrons. The lowest BCUT2D eigenvalue weighted by molar-refractivity contribution is -0.150. The molecule has 258 valence electrons. The topological polar surface area (TPSA) is 203 Å². The number of halogens is 4. The van der Waals surface area contributed by atoms with E-state index in [0.717, 1.165) is 40.8 Å². The van der Waals surface area contributed by atoms with Crippen molar-refractivity contribution < 1.29 is 59.6 Å². The van der Waals surface area contributed by atoms with E-state index in [9.17, 15) is 45.9 Å². The molecule has 47 heavy (non-hydrogen) atoms. The Hall–Kier alpha value is -3.56. The molecule has 1 saturated carbocycles. The highest BCUT2D eigenvalue weighted by Crippen LogP contribution is 2.41. The van der Waals surface area contributed by atoms with Crippen molar-refractivity contribution in [1.29, 1.82) is 0 Å². The van der Waals surface area contributed by atoms with Crippen molar-refractivity contribution >= 4 is 79.5 Å². The molecule has 3 amide bonds. The molecule has 2 aliphatic heterocycles. The van der Waals surface area contributed by atoms with Crippen molar-refractivity contribution in [2.24, 2.45) is 5.16 Å². The third-order valence-electron chi connectivity index (χ3n) is 6.45. The fourth-order valence-corrected chi connectivity index (χ4v) is 7.08. The number of aliphatic carboxylic acids is 1. The Kier molecular flexibility index (Phi) is 10.7. The van der Waals surface area contributed by atoms with Gasteiger partial charge in [0.1, 0.15) is 45.1 Å². The smallest absolute Gasteiger partial charge is 0.477 e. The van der Waals surface area contributed by atoms with Crippen LogP contribution >= 0.6 is 34.7 Å². The van der Waals surface area contributed by atoms with Crippen LogP contribution in [0, 0.1) is 0 Å². The molecule has 2 unspecified atom stereocenters. The zero-order valence-corrected chi connectivity index (χ0v) is 27.8. The van der Waals surface area contributed by atoms with E-state index in [1.807, 2.05) is 0 Å². The Bertz CT molecular complexity index is 1650. The molecule has 1 saturated heterocycles. The molecule has 0 bridgehead atoms. The number of allylic oxidation sites excluding steroid dienone is 1. The van der Waals surface area contributed by atoms with Crippen molar-refractivity contribution in [2.45, 2.75) is 75.1 Å². The highest BCUT2D eigenvalue weighted by atomic mass is 35.5. The van der Waals surface area contributed by atoms with Crippen molar-refractivity contribution in [1.82, 2.24) is 15.2 Å². The standard InChI is InChI=1S/C25H27ClF3N5O10S3/c1-24(2,3)43-23(39)32-22-31-13(17(26)46-22)14(33-44-12-6-4-5-7-12)18(35)30-15-19(36)34-16(21(37)38)11(10-45-20(15)34)8-9-42-47(40,41)25(27,28)29/h8-9,12,15,20H,4-7,10H2,1-3H3,(H,30,35)(H,37,38)(H,31,32,39). The van der Waals surface area contributed by atoms with Gasteiger partial charge in [0, 0.05) is 5.75 Å². The quantitative estimate of drug-likeness (QED) is 0.0779. The predicted molar refractivity (Wildman–Crippen MR) is 162 cm³/mol. The number of thioether (sulfide) groups is 1. The minimum absolute atomic E-state index is 0.0295. The summed E-state index contributed by atoms with van der Waals surface area (Å²) in [4.78, 5) is 61.5. The minimum atomic E-state index is -5.99. The van der Waals surface area contributed by atoms with Gasteiger partial charge in [0.2, 0.25) is 0 Å². The lowest BCUT2D eigenvalue weighted by atomic mass is 10.0. The first-order valence-corrected chi connectivity index (χ1v) is 17.2. The first kappa shape index (κ1) is 36.3. The lowest BCUT2D eigenvalue weighted by Crippen LogP contribution is -2.71. The second kappa shape index (κ2) is 13.9. The van der Waals surface area contributed by atoms with Crippen LogP contribution in [0.4, 0.5) is 23.1 Å². The zero-order chi connectivity index (χ0) is 34.9. The Balaban J connectivity index is 1.54. The van der Waals surface area contributed by atoms with Crippen LogP contribution in [0.25, 0.3) is 0 Å². The second-order valence-corrected chi connectivity index (χ2v) is 15.3. The number of anilines is 1. The Morgan fingerprint density at radius 2 is 1.85 bits per heavy atom. The second-order valence-electron chi connectivity index (χ2n) is 11.1. The number of fused-ring (bicyclic) bond motifs is 1. The van der Waals surface area contributed by atoms with Crippen LogP contribution in [-0.2, 0) is 38.3 Å². The molecule has 3 N–H and O–H groups in total. The summed E-state index contributed by atoms with van der Waals surface area (Å²) < 4.78 is 68.9. The van der Waals surface area contributed by atoms with E-state index in [1.165, 1.54) is 0 Å². The van der Waals surface area contributed by atoms with Gasteiger partial charge in [0.25, 0.3) is 11.8 Å². The molecule has 1 aromatic heterocycles. The van der Waals surface area contributed by atoms with Gasteiger partial charge in [-0.25, -0.2) is 14.6 Å². The van der Waals surface area contributed by atoms with E-state index < -0.39 is 67.9 Å². The summed E-state index contributed by atoms with van der Waals surface area (Å²) in [5, 5.41) is 17.6. The van der Waals surface area contributed by atoms with Gasteiger partial charge in [-0.3, -0.25) is 19.8 Å². The monoisotopic (exact) mass is 745 g/mol. The van der Waals surface area contributed by atoms with E-state index in [2.05, 4.69) is 25.0 Å². The number of aromatic nitrogens is 1. The van der Waals surface area contributed by atoms with Gasteiger partial charge in [-0.1, -0.05) is 28.1 Å². The first-order chi connectivity index (χ1) is 21.8. The van der Waals surface area contributed by atoms with Crippen LogP contribution in [0.3, 0.4) is 0 Å². The molecule has 22 heteroatoms. The van der Waals surface area contributed by atoms with Crippen LogP contribution in [0.1, 0.15) is 52.1 Å². The number of carbonyl (C=O) groups is 4.